The number of furan rings is 1. The second kappa shape index (κ2) is 10.5. The van der Waals surface area contributed by atoms with Gasteiger partial charge < -0.3 is 24.3 Å². The molecule has 1 N–H and O–H groups in total. The summed E-state index contributed by atoms with van der Waals surface area (Å²) in [7, 11) is 2.13. The molecule has 11 heteroatoms. The molecule has 0 bridgehead atoms. The summed E-state index contributed by atoms with van der Waals surface area (Å²) in [6, 6.07) is 7.82. The monoisotopic (exact) mass is 468 g/mol. The molecule has 2 saturated heterocycles. The second-order valence-corrected chi connectivity index (χ2v) is 8.90. The molecule has 3 aromatic heterocycles. The number of aromatic nitrogens is 4. The number of nitrogens with one attached hydrogen (secondary N) is 1. The van der Waals surface area contributed by atoms with Crippen LogP contribution in [0.1, 0.15) is 23.8 Å². The number of likely N-dealkylation sites (N-methyl/N-ethyl adjacent to an activating group) is 1. The summed E-state index contributed by atoms with van der Waals surface area (Å²) in [5.74, 6) is 3.20. The number of ether oxygens (including phenoxy) is 1. The molecular weight excluding hydrogens is 436 g/mol. The molecule has 11 nitrogen and oxygen atoms in total. The maximum atomic E-state index is 12.5. The molecule has 34 heavy (non-hydrogen) atoms. The van der Waals surface area contributed by atoms with Crippen LogP contribution in [0.2, 0.25) is 0 Å². The highest BCUT2D eigenvalue weighted by molar-refractivity contribution is 5.76. The molecule has 0 aromatic carbocycles. The lowest BCUT2D eigenvalue weighted by Gasteiger charge is -2.33. The van der Waals surface area contributed by atoms with Gasteiger partial charge in [0.15, 0.2) is 11.5 Å². The molecule has 0 spiro atoms. The highest BCUT2D eigenvalue weighted by Crippen LogP contribution is 2.15. The third-order valence-electron chi connectivity index (χ3n) is 6.38. The van der Waals surface area contributed by atoms with Crippen molar-refractivity contribution in [3.63, 3.8) is 0 Å². The molecule has 2 aliphatic heterocycles. The van der Waals surface area contributed by atoms with Gasteiger partial charge in [-0.2, -0.15) is 4.52 Å². The van der Waals surface area contributed by atoms with Gasteiger partial charge in [0.2, 0.25) is 5.91 Å². The van der Waals surface area contributed by atoms with Gasteiger partial charge in [-0.25, -0.2) is 0 Å². The maximum absolute atomic E-state index is 12.5. The number of rotatable bonds is 8. The van der Waals surface area contributed by atoms with E-state index in [1.54, 1.807) is 4.52 Å². The number of piperazine rings is 1. The van der Waals surface area contributed by atoms with Gasteiger partial charge >= 0.3 is 0 Å². The van der Waals surface area contributed by atoms with Gasteiger partial charge in [-0.05, 0) is 31.3 Å². The standard InChI is InChI=1S/C23H32N8O3/c1-28-8-10-30(11-9-28)22-5-4-20-25-26-21(31(20)27-22)6-7-23(32)24-16-18-2-3-19(34-18)17-29-12-14-33-15-13-29/h2-5H,6-17H2,1H3,(H,24,32). The highest BCUT2D eigenvalue weighted by atomic mass is 16.5. The Morgan fingerprint density at radius 1 is 1.00 bits per heavy atom. The number of morpholine rings is 1. The molecular formula is C23H32N8O3. The first-order chi connectivity index (χ1) is 16.6. The summed E-state index contributed by atoms with van der Waals surface area (Å²) >= 11 is 0. The lowest BCUT2D eigenvalue weighted by atomic mass is 10.3. The van der Waals surface area contributed by atoms with E-state index >= 15 is 0 Å². The first kappa shape index (κ1) is 22.8. The van der Waals surface area contributed by atoms with E-state index in [0.29, 0.717) is 30.9 Å². The Morgan fingerprint density at radius 3 is 2.62 bits per heavy atom. The predicted octanol–water partition coefficient (Wildman–Crippen LogP) is 0.550. The maximum Gasteiger partial charge on any atom is 0.220 e. The van der Waals surface area contributed by atoms with E-state index in [9.17, 15) is 4.79 Å². The van der Waals surface area contributed by atoms with Crippen LogP contribution in [0.5, 0.6) is 0 Å². The fourth-order valence-electron chi connectivity index (χ4n) is 4.27. The molecule has 5 heterocycles. The van der Waals surface area contributed by atoms with E-state index in [1.165, 1.54) is 0 Å². The van der Waals surface area contributed by atoms with Crippen molar-refractivity contribution in [2.45, 2.75) is 25.9 Å². The zero-order valence-corrected chi connectivity index (χ0v) is 19.6. The minimum Gasteiger partial charge on any atom is -0.463 e. The summed E-state index contributed by atoms with van der Waals surface area (Å²) in [6.07, 6.45) is 0.773. The van der Waals surface area contributed by atoms with Gasteiger partial charge in [-0.1, -0.05) is 0 Å². The molecule has 0 unspecified atom stereocenters. The topological polar surface area (TPSA) is 104 Å². The van der Waals surface area contributed by atoms with E-state index in [-0.39, 0.29) is 5.91 Å². The minimum atomic E-state index is -0.0573. The van der Waals surface area contributed by atoms with Gasteiger partial charge in [0.05, 0.1) is 26.3 Å². The molecule has 0 saturated carbocycles. The Balaban J connectivity index is 1.12. The summed E-state index contributed by atoms with van der Waals surface area (Å²) < 4.78 is 13.0. The Bertz CT molecular complexity index is 1100. The molecule has 2 aliphatic rings. The number of hydrogen-bond acceptors (Lipinski definition) is 9. The summed E-state index contributed by atoms with van der Waals surface area (Å²) in [5.41, 5.74) is 0.691. The zero-order chi connectivity index (χ0) is 23.3. The summed E-state index contributed by atoms with van der Waals surface area (Å²) in [5, 5.41) is 16.1. The van der Waals surface area contributed by atoms with Crippen molar-refractivity contribution in [2.24, 2.45) is 0 Å². The fraction of sp³-hybridized carbons (Fsp3) is 0.565. The average Bonchev–Trinajstić information content (AvgIpc) is 3.49. The molecule has 0 radical (unpaired) electrons. The van der Waals surface area contributed by atoms with Crippen LogP contribution < -0.4 is 10.2 Å². The van der Waals surface area contributed by atoms with Gasteiger partial charge in [0.1, 0.15) is 17.3 Å². The van der Waals surface area contributed by atoms with Crippen LogP contribution in [0, 0.1) is 0 Å². The molecule has 3 aromatic rings. The number of carbonyl (C=O) groups is 1. The largest absolute Gasteiger partial charge is 0.463 e. The molecule has 5 rings (SSSR count). The molecule has 0 aliphatic carbocycles. The number of aryl methyl sites for hydroxylation is 1. The molecule has 2 fully saturated rings. The van der Waals surface area contributed by atoms with Crippen LogP contribution in [0.4, 0.5) is 5.82 Å². The Labute approximate surface area is 198 Å². The van der Waals surface area contributed by atoms with Crippen LogP contribution in [0.15, 0.2) is 28.7 Å². The number of amides is 1. The van der Waals surface area contributed by atoms with Crippen molar-refractivity contribution in [2.75, 3.05) is 64.4 Å². The zero-order valence-electron chi connectivity index (χ0n) is 19.6. The highest BCUT2D eigenvalue weighted by Gasteiger charge is 2.18. The van der Waals surface area contributed by atoms with Gasteiger partial charge in [-0.3, -0.25) is 9.69 Å². The first-order valence-electron chi connectivity index (χ1n) is 11.9. The van der Waals surface area contributed by atoms with Crippen LogP contribution in [-0.2, 0) is 29.0 Å². The molecule has 1 amide bonds. The predicted molar refractivity (Wildman–Crippen MR) is 125 cm³/mol. The molecule has 0 atom stereocenters. The summed E-state index contributed by atoms with van der Waals surface area (Å²) in [4.78, 5) is 19.3. The molecule has 182 valence electrons. The smallest absolute Gasteiger partial charge is 0.220 e. The number of nitrogens with zero attached hydrogens (tertiary/aromatic N) is 7. The van der Waals surface area contributed by atoms with Gasteiger partial charge in [0.25, 0.3) is 0 Å². The van der Waals surface area contributed by atoms with Crippen molar-refractivity contribution < 1.29 is 13.9 Å². The number of anilines is 1. The van der Waals surface area contributed by atoms with Crippen LogP contribution in [0.3, 0.4) is 0 Å². The Morgan fingerprint density at radius 2 is 1.79 bits per heavy atom. The van der Waals surface area contributed by atoms with Crippen LogP contribution >= 0.6 is 0 Å². The lowest BCUT2D eigenvalue weighted by Crippen LogP contribution is -2.45. The summed E-state index contributed by atoms with van der Waals surface area (Å²) in [6.45, 7) is 8.39. The van der Waals surface area contributed by atoms with Crippen molar-refractivity contribution >= 4 is 17.4 Å². The van der Waals surface area contributed by atoms with E-state index in [4.69, 9.17) is 14.3 Å². The van der Waals surface area contributed by atoms with E-state index in [1.807, 2.05) is 24.3 Å². The van der Waals surface area contributed by atoms with E-state index < -0.39 is 0 Å². The second-order valence-electron chi connectivity index (χ2n) is 8.90. The van der Waals surface area contributed by atoms with Gasteiger partial charge in [-0.15, -0.1) is 15.3 Å². The fourth-order valence-corrected chi connectivity index (χ4v) is 4.27. The Kier molecular flexibility index (Phi) is 7.02. The van der Waals surface area contributed by atoms with Crippen LogP contribution in [-0.4, -0.2) is 95.0 Å². The third kappa shape index (κ3) is 5.54. The lowest BCUT2D eigenvalue weighted by molar-refractivity contribution is -0.121. The van der Waals surface area contributed by atoms with Crippen LogP contribution in [0.25, 0.3) is 5.65 Å². The van der Waals surface area contributed by atoms with Crippen molar-refractivity contribution in [3.8, 4) is 0 Å². The average molecular weight is 469 g/mol. The van der Waals surface area contributed by atoms with Gasteiger partial charge in [0, 0.05) is 52.1 Å². The Hall–Kier alpha value is -3.02. The van der Waals surface area contributed by atoms with Crippen molar-refractivity contribution in [1.82, 2.24) is 34.9 Å². The number of carbonyl (C=O) groups excluding carboxylic acids is 1. The van der Waals surface area contributed by atoms with Crippen molar-refractivity contribution in [1.29, 1.82) is 0 Å². The van der Waals surface area contributed by atoms with E-state index in [2.05, 4.69) is 37.3 Å². The SMILES string of the molecule is CN1CCN(c2ccc3nnc(CCC(=O)NCc4ccc(CN5CCOCC5)o4)n3n2)CC1. The number of hydrogen-bond donors (Lipinski definition) is 1. The number of fused-ring (bicyclic) bond motifs is 1. The van der Waals surface area contributed by atoms with E-state index in [0.717, 1.165) is 76.4 Å². The van der Waals surface area contributed by atoms with Crippen molar-refractivity contribution in [3.05, 3.63) is 41.6 Å². The third-order valence-corrected chi connectivity index (χ3v) is 6.38. The normalized spacial score (nSPS) is 18.0. The quantitative estimate of drug-likeness (QED) is 0.507. The first-order valence-corrected chi connectivity index (χ1v) is 11.9. The minimum absolute atomic E-state index is 0.0573.